The molecule has 0 saturated heterocycles. The quantitative estimate of drug-likeness (QED) is 0.783. The van der Waals surface area contributed by atoms with Crippen LogP contribution in [0.2, 0.25) is 0 Å². The molecule has 2 rings (SSSR count). The molecule has 0 fully saturated rings. The smallest absolute Gasteiger partial charge is 0.200 e. The SMILES string of the molecule is CCc1ccccc1C(=O)c1c(F)cccc1OC. The first-order chi connectivity index (χ1) is 9.19. The van der Waals surface area contributed by atoms with E-state index in [-0.39, 0.29) is 17.1 Å². The first kappa shape index (κ1) is 13.3. The lowest BCUT2D eigenvalue weighted by molar-refractivity contribution is 0.103. The number of hydrogen-bond acceptors (Lipinski definition) is 2. The Hall–Kier alpha value is -2.16. The monoisotopic (exact) mass is 258 g/mol. The van der Waals surface area contributed by atoms with E-state index < -0.39 is 5.82 Å². The van der Waals surface area contributed by atoms with Crippen LogP contribution in [0.5, 0.6) is 5.75 Å². The number of rotatable bonds is 4. The summed E-state index contributed by atoms with van der Waals surface area (Å²) in [7, 11) is 1.43. The highest BCUT2D eigenvalue weighted by Gasteiger charge is 2.20. The highest BCUT2D eigenvalue weighted by Crippen LogP contribution is 2.25. The molecule has 0 aliphatic carbocycles. The molecule has 0 aliphatic heterocycles. The van der Waals surface area contributed by atoms with E-state index in [1.54, 1.807) is 18.2 Å². The highest BCUT2D eigenvalue weighted by atomic mass is 19.1. The standard InChI is InChI=1S/C16H15FO2/c1-3-11-7-4-5-8-12(11)16(18)15-13(17)9-6-10-14(15)19-2/h4-10H,3H2,1-2H3. The molecule has 0 aliphatic rings. The zero-order valence-electron chi connectivity index (χ0n) is 10.9. The van der Waals surface area contributed by atoms with Crippen LogP contribution in [-0.2, 0) is 6.42 Å². The molecule has 0 heterocycles. The van der Waals surface area contributed by atoms with Crippen LogP contribution in [0.4, 0.5) is 4.39 Å². The molecular formula is C16H15FO2. The highest BCUT2D eigenvalue weighted by molar-refractivity contribution is 6.11. The van der Waals surface area contributed by atoms with Gasteiger partial charge in [-0.1, -0.05) is 37.3 Å². The third-order valence-corrected chi connectivity index (χ3v) is 3.07. The Bertz CT molecular complexity index is 605. The number of hydrogen-bond donors (Lipinski definition) is 0. The van der Waals surface area contributed by atoms with Gasteiger partial charge in [-0.25, -0.2) is 4.39 Å². The topological polar surface area (TPSA) is 26.3 Å². The first-order valence-corrected chi connectivity index (χ1v) is 6.14. The largest absolute Gasteiger partial charge is 0.496 e. The third-order valence-electron chi connectivity index (χ3n) is 3.07. The van der Waals surface area contributed by atoms with Crippen molar-refractivity contribution < 1.29 is 13.9 Å². The summed E-state index contributed by atoms with van der Waals surface area (Å²) in [5, 5.41) is 0. The van der Waals surface area contributed by atoms with Gasteiger partial charge in [0.15, 0.2) is 5.78 Å². The van der Waals surface area contributed by atoms with Crippen molar-refractivity contribution in [2.24, 2.45) is 0 Å². The van der Waals surface area contributed by atoms with E-state index in [2.05, 4.69) is 0 Å². The maximum atomic E-state index is 13.9. The van der Waals surface area contributed by atoms with Crippen LogP contribution >= 0.6 is 0 Å². The average molecular weight is 258 g/mol. The molecule has 3 heteroatoms. The van der Waals surface area contributed by atoms with Gasteiger partial charge in [0.2, 0.25) is 0 Å². The van der Waals surface area contributed by atoms with Crippen LogP contribution in [0, 0.1) is 5.82 Å². The summed E-state index contributed by atoms with van der Waals surface area (Å²) in [6, 6.07) is 11.6. The van der Waals surface area contributed by atoms with Crippen LogP contribution < -0.4 is 4.74 Å². The van der Waals surface area contributed by atoms with Crippen molar-refractivity contribution in [1.29, 1.82) is 0 Å². The number of ether oxygens (including phenoxy) is 1. The fourth-order valence-corrected chi connectivity index (χ4v) is 2.08. The fraction of sp³-hybridized carbons (Fsp3) is 0.188. The summed E-state index contributed by atoms with van der Waals surface area (Å²) >= 11 is 0. The van der Waals surface area contributed by atoms with E-state index in [1.165, 1.54) is 19.2 Å². The van der Waals surface area contributed by atoms with Gasteiger partial charge in [0.1, 0.15) is 17.1 Å². The van der Waals surface area contributed by atoms with Crippen molar-refractivity contribution in [3.05, 3.63) is 65.0 Å². The maximum absolute atomic E-state index is 13.9. The van der Waals surface area contributed by atoms with Crippen molar-refractivity contribution in [2.75, 3.05) is 7.11 Å². The summed E-state index contributed by atoms with van der Waals surface area (Å²) in [5.74, 6) is -0.640. The minimum Gasteiger partial charge on any atom is -0.496 e. The molecule has 19 heavy (non-hydrogen) atoms. The predicted molar refractivity (Wildman–Crippen MR) is 72.2 cm³/mol. The van der Waals surface area contributed by atoms with Gasteiger partial charge < -0.3 is 4.74 Å². The second-order valence-electron chi connectivity index (χ2n) is 4.16. The summed E-state index contributed by atoms with van der Waals surface area (Å²) < 4.78 is 19.0. The Labute approximate surface area is 111 Å². The first-order valence-electron chi connectivity index (χ1n) is 6.14. The molecule has 0 atom stereocenters. The molecule has 0 aromatic heterocycles. The van der Waals surface area contributed by atoms with Gasteiger partial charge in [0.25, 0.3) is 0 Å². The van der Waals surface area contributed by atoms with Gasteiger partial charge >= 0.3 is 0 Å². The Morgan fingerprint density at radius 1 is 1.16 bits per heavy atom. The van der Waals surface area contributed by atoms with Gasteiger partial charge in [-0.3, -0.25) is 4.79 Å². The summed E-state index contributed by atoms with van der Waals surface area (Å²) in [6.45, 7) is 1.96. The van der Waals surface area contributed by atoms with Gasteiger partial charge in [-0.05, 0) is 24.1 Å². The summed E-state index contributed by atoms with van der Waals surface area (Å²) in [5.41, 5.74) is 1.41. The lowest BCUT2D eigenvalue weighted by Gasteiger charge is -2.11. The number of halogens is 1. The van der Waals surface area contributed by atoms with E-state index in [1.807, 2.05) is 19.1 Å². The van der Waals surface area contributed by atoms with Crippen molar-refractivity contribution in [2.45, 2.75) is 13.3 Å². The van der Waals surface area contributed by atoms with Crippen LogP contribution in [0.25, 0.3) is 0 Å². The van der Waals surface area contributed by atoms with Crippen LogP contribution in [0.15, 0.2) is 42.5 Å². The molecule has 0 bridgehead atoms. The molecule has 0 amide bonds. The van der Waals surface area contributed by atoms with E-state index in [0.717, 1.165) is 12.0 Å². The number of carbonyl (C=O) groups is 1. The average Bonchev–Trinajstić information content (AvgIpc) is 2.46. The molecule has 2 nitrogen and oxygen atoms in total. The lowest BCUT2D eigenvalue weighted by atomic mass is 9.96. The molecule has 0 radical (unpaired) electrons. The molecule has 0 spiro atoms. The maximum Gasteiger partial charge on any atom is 0.200 e. The number of aryl methyl sites for hydroxylation is 1. The predicted octanol–water partition coefficient (Wildman–Crippen LogP) is 3.63. The van der Waals surface area contributed by atoms with Crippen molar-refractivity contribution >= 4 is 5.78 Å². The molecule has 2 aromatic rings. The van der Waals surface area contributed by atoms with Gasteiger partial charge in [0, 0.05) is 5.56 Å². The summed E-state index contributed by atoms with van der Waals surface area (Å²) in [4.78, 5) is 12.5. The molecule has 2 aromatic carbocycles. The minimum atomic E-state index is -0.560. The van der Waals surface area contributed by atoms with E-state index in [9.17, 15) is 9.18 Å². The van der Waals surface area contributed by atoms with Gasteiger partial charge in [-0.2, -0.15) is 0 Å². The Morgan fingerprint density at radius 2 is 1.89 bits per heavy atom. The van der Waals surface area contributed by atoms with E-state index in [4.69, 9.17) is 4.74 Å². The number of ketones is 1. The molecule has 0 saturated carbocycles. The van der Waals surface area contributed by atoms with E-state index >= 15 is 0 Å². The molecule has 98 valence electrons. The van der Waals surface area contributed by atoms with Gasteiger partial charge in [-0.15, -0.1) is 0 Å². The Balaban J connectivity index is 2.56. The van der Waals surface area contributed by atoms with Crippen molar-refractivity contribution in [3.8, 4) is 5.75 Å². The number of benzene rings is 2. The fourth-order valence-electron chi connectivity index (χ4n) is 2.08. The van der Waals surface area contributed by atoms with Crippen molar-refractivity contribution in [1.82, 2.24) is 0 Å². The molecule has 0 N–H and O–H groups in total. The zero-order chi connectivity index (χ0) is 13.8. The number of carbonyl (C=O) groups excluding carboxylic acids is 1. The summed E-state index contributed by atoms with van der Waals surface area (Å²) in [6.07, 6.45) is 0.721. The van der Waals surface area contributed by atoms with Crippen LogP contribution in [0.1, 0.15) is 28.4 Å². The van der Waals surface area contributed by atoms with Gasteiger partial charge in [0.05, 0.1) is 7.11 Å². The normalized spacial score (nSPS) is 10.3. The number of methoxy groups -OCH3 is 1. The lowest BCUT2D eigenvalue weighted by Crippen LogP contribution is -2.09. The van der Waals surface area contributed by atoms with Crippen LogP contribution in [0.3, 0.4) is 0 Å². The minimum absolute atomic E-state index is 0.00843. The van der Waals surface area contributed by atoms with Crippen LogP contribution in [-0.4, -0.2) is 12.9 Å². The zero-order valence-corrected chi connectivity index (χ0v) is 10.9. The van der Waals surface area contributed by atoms with E-state index in [0.29, 0.717) is 5.56 Å². The molecule has 0 unspecified atom stereocenters. The third kappa shape index (κ3) is 2.50. The second-order valence-corrected chi connectivity index (χ2v) is 4.16. The Morgan fingerprint density at radius 3 is 2.58 bits per heavy atom. The van der Waals surface area contributed by atoms with Crippen molar-refractivity contribution in [3.63, 3.8) is 0 Å². The second kappa shape index (κ2) is 5.65. The molecular weight excluding hydrogens is 243 g/mol. The Kier molecular flexibility index (Phi) is 3.95.